The maximum absolute atomic E-state index is 13.1. The summed E-state index contributed by atoms with van der Waals surface area (Å²) >= 11 is 0. The van der Waals surface area contributed by atoms with Crippen LogP contribution < -0.4 is 5.32 Å². The van der Waals surface area contributed by atoms with Crippen molar-refractivity contribution in [3.05, 3.63) is 36.5 Å². The van der Waals surface area contributed by atoms with E-state index in [0.29, 0.717) is 19.3 Å². The highest BCUT2D eigenvalue weighted by atomic mass is 16.7. The van der Waals surface area contributed by atoms with Gasteiger partial charge in [-0.3, -0.25) is 4.79 Å². The average Bonchev–Trinajstić information content (AvgIpc) is 3.38. The standard InChI is InChI=1S/C61H115NO10/c1-3-5-7-9-11-13-15-17-19-20-21-22-23-24-25-26-27-28-29-30-31-32-33-34-35-37-38-40-42-44-46-48-53(64)56(66)52(51-71-61-59(69)58(68)57(67)55(50-63)72-61)62-60(70)54(65)49-47-45-43-41-39-36-18-16-14-12-10-8-6-4-2/h30-31,34-35,40,42,52-59,61,63-69H,3-29,32-33,36-39,41,43-51H2,1-2H3,(H,62,70)/b31-30+,35-34+,42-40+. The minimum Gasteiger partial charge on any atom is -0.394 e. The summed E-state index contributed by atoms with van der Waals surface area (Å²) in [5, 5.41) is 76.0. The molecule has 424 valence electrons. The van der Waals surface area contributed by atoms with Gasteiger partial charge in [0, 0.05) is 0 Å². The number of allylic oxidation sites excluding steroid dienone is 6. The van der Waals surface area contributed by atoms with Gasteiger partial charge in [0.05, 0.1) is 25.4 Å². The van der Waals surface area contributed by atoms with Crippen LogP contribution in [-0.2, 0) is 14.3 Å². The number of rotatable bonds is 52. The van der Waals surface area contributed by atoms with Crippen LogP contribution in [0.25, 0.3) is 0 Å². The largest absolute Gasteiger partial charge is 0.394 e. The van der Waals surface area contributed by atoms with Crippen molar-refractivity contribution in [3.8, 4) is 0 Å². The summed E-state index contributed by atoms with van der Waals surface area (Å²) in [6.45, 7) is 3.45. The van der Waals surface area contributed by atoms with E-state index in [0.717, 1.165) is 44.9 Å². The average molecular weight is 1020 g/mol. The maximum Gasteiger partial charge on any atom is 0.249 e. The van der Waals surface area contributed by atoms with Crippen LogP contribution in [0.1, 0.15) is 277 Å². The minimum absolute atomic E-state index is 0.243. The van der Waals surface area contributed by atoms with Gasteiger partial charge in [0.1, 0.15) is 36.6 Å². The van der Waals surface area contributed by atoms with E-state index in [4.69, 9.17) is 9.47 Å². The fourth-order valence-electron chi connectivity index (χ4n) is 9.71. The van der Waals surface area contributed by atoms with Gasteiger partial charge >= 0.3 is 0 Å². The lowest BCUT2D eigenvalue weighted by Crippen LogP contribution is -2.60. The first-order valence-electron chi connectivity index (χ1n) is 30.4. The smallest absolute Gasteiger partial charge is 0.249 e. The van der Waals surface area contributed by atoms with Crippen molar-refractivity contribution in [2.24, 2.45) is 0 Å². The Morgan fingerprint density at radius 1 is 0.472 bits per heavy atom. The highest BCUT2D eigenvalue weighted by Gasteiger charge is 2.44. The van der Waals surface area contributed by atoms with Crippen molar-refractivity contribution < 1.29 is 50.0 Å². The number of aliphatic hydroxyl groups excluding tert-OH is 7. The molecule has 8 N–H and O–H groups in total. The molecule has 1 rings (SSSR count). The fourth-order valence-corrected chi connectivity index (χ4v) is 9.71. The van der Waals surface area contributed by atoms with Gasteiger partial charge in [0.25, 0.3) is 0 Å². The number of carbonyl (C=O) groups is 1. The molecular weight excluding hydrogens is 907 g/mol. The Hall–Kier alpha value is -1.67. The van der Waals surface area contributed by atoms with Gasteiger partial charge in [-0.05, 0) is 64.2 Å². The van der Waals surface area contributed by atoms with Gasteiger partial charge in [-0.1, -0.05) is 249 Å². The molecule has 0 aliphatic carbocycles. The van der Waals surface area contributed by atoms with Crippen LogP contribution in [0.5, 0.6) is 0 Å². The second-order valence-corrected chi connectivity index (χ2v) is 21.4. The number of hydrogen-bond donors (Lipinski definition) is 8. The summed E-state index contributed by atoms with van der Waals surface area (Å²) in [5.74, 6) is -0.710. The zero-order chi connectivity index (χ0) is 52.5. The lowest BCUT2D eigenvalue weighted by molar-refractivity contribution is -0.303. The number of ether oxygens (including phenoxy) is 2. The highest BCUT2D eigenvalue weighted by molar-refractivity contribution is 5.80. The molecule has 0 aromatic heterocycles. The Kier molecular flexibility index (Phi) is 47.6. The molecule has 9 atom stereocenters. The van der Waals surface area contributed by atoms with E-state index >= 15 is 0 Å². The van der Waals surface area contributed by atoms with Crippen molar-refractivity contribution in [1.82, 2.24) is 5.32 Å². The third-order valence-corrected chi connectivity index (χ3v) is 14.7. The van der Waals surface area contributed by atoms with Crippen LogP contribution in [0.15, 0.2) is 36.5 Å². The second kappa shape index (κ2) is 50.2. The van der Waals surface area contributed by atoms with Gasteiger partial charge in [-0.25, -0.2) is 0 Å². The van der Waals surface area contributed by atoms with Crippen LogP contribution in [0.3, 0.4) is 0 Å². The molecular formula is C61H115NO10. The van der Waals surface area contributed by atoms with Crippen LogP contribution in [-0.4, -0.2) is 110 Å². The molecule has 0 aromatic carbocycles. The molecule has 1 aliphatic rings. The number of aliphatic hydroxyl groups is 7. The molecule has 11 nitrogen and oxygen atoms in total. The molecule has 0 saturated carbocycles. The third kappa shape index (κ3) is 38.0. The molecule has 0 aromatic rings. The van der Waals surface area contributed by atoms with E-state index in [1.165, 1.54) is 186 Å². The number of hydrogen-bond acceptors (Lipinski definition) is 10. The van der Waals surface area contributed by atoms with Crippen molar-refractivity contribution >= 4 is 5.91 Å². The summed E-state index contributed by atoms with van der Waals surface area (Å²) in [7, 11) is 0. The molecule has 72 heavy (non-hydrogen) atoms. The Bertz CT molecular complexity index is 1260. The van der Waals surface area contributed by atoms with E-state index in [9.17, 15) is 40.5 Å². The van der Waals surface area contributed by atoms with Crippen molar-refractivity contribution in [1.29, 1.82) is 0 Å². The predicted octanol–water partition coefficient (Wildman–Crippen LogP) is 13.1. The van der Waals surface area contributed by atoms with Crippen molar-refractivity contribution in [2.45, 2.75) is 332 Å². The van der Waals surface area contributed by atoms with Crippen molar-refractivity contribution in [3.63, 3.8) is 0 Å². The lowest BCUT2D eigenvalue weighted by Gasteiger charge is -2.40. The maximum atomic E-state index is 13.1. The third-order valence-electron chi connectivity index (χ3n) is 14.7. The Morgan fingerprint density at radius 3 is 1.24 bits per heavy atom. The summed E-state index contributed by atoms with van der Waals surface area (Å²) in [4.78, 5) is 13.1. The first-order valence-corrected chi connectivity index (χ1v) is 30.4. The van der Waals surface area contributed by atoms with E-state index in [-0.39, 0.29) is 12.8 Å². The Morgan fingerprint density at radius 2 is 0.833 bits per heavy atom. The van der Waals surface area contributed by atoms with E-state index in [1.54, 1.807) is 0 Å². The molecule has 1 amide bonds. The summed E-state index contributed by atoms with van der Waals surface area (Å²) in [6, 6.07) is -1.19. The topological polar surface area (TPSA) is 189 Å². The molecule has 1 fully saturated rings. The predicted molar refractivity (Wildman–Crippen MR) is 298 cm³/mol. The molecule has 9 unspecified atom stereocenters. The number of unbranched alkanes of at least 4 members (excludes halogenated alkanes) is 34. The van der Waals surface area contributed by atoms with E-state index in [1.807, 2.05) is 0 Å². The monoisotopic (exact) mass is 1020 g/mol. The molecule has 1 heterocycles. The summed E-state index contributed by atoms with van der Waals surface area (Å²) < 4.78 is 11.1. The quantitative estimate of drug-likeness (QED) is 0.0215. The first kappa shape index (κ1) is 68.3. The molecule has 0 spiro atoms. The fraction of sp³-hybridized carbons (Fsp3) is 0.885. The number of carbonyl (C=O) groups excluding carboxylic acids is 1. The first-order chi connectivity index (χ1) is 35.2. The van der Waals surface area contributed by atoms with Gasteiger partial charge in [-0.15, -0.1) is 0 Å². The van der Waals surface area contributed by atoms with Gasteiger partial charge in [0.15, 0.2) is 6.29 Å². The Balaban J connectivity index is 2.27. The van der Waals surface area contributed by atoms with Gasteiger partial charge < -0.3 is 50.5 Å². The normalized spacial score (nSPS) is 20.3. The van der Waals surface area contributed by atoms with Gasteiger partial charge in [0.2, 0.25) is 5.91 Å². The van der Waals surface area contributed by atoms with Crippen LogP contribution in [0, 0.1) is 0 Å². The Labute approximate surface area is 441 Å². The van der Waals surface area contributed by atoms with Crippen LogP contribution in [0.2, 0.25) is 0 Å². The van der Waals surface area contributed by atoms with Crippen LogP contribution in [0.4, 0.5) is 0 Å². The van der Waals surface area contributed by atoms with E-state index in [2.05, 4.69) is 55.6 Å². The molecule has 0 bridgehead atoms. The lowest BCUT2D eigenvalue weighted by atomic mass is 9.98. The molecule has 1 saturated heterocycles. The van der Waals surface area contributed by atoms with Gasteiger partial charge in [-0.2, -0.15) is 0 Å². The zero-order valence-corrected chi connectivity index (χ0v) is 46.4. The molecule has 1 aliphatic heterocycles. The summed E-state index contributed by atoms with van der Waals surface area (Å²) in [6.07, 6.45) is 50.8. The summed E-state index contributed by atoms with van der Waals surface area (Å²) in [5.41, 5.74) is 0. The molecule has 11 heteroatoms. The second-order valence-electron chi connectivity index (χ2n) is 21.4. The minimum atomic E-state index is -1.67. The van der Waals surface area contributed by atoms with Crippen molar-refractivity contribution in [2.75, 3.05) is 13.2 Å². The van der Waals surface area contributed by atoms with E-state index < -0.39 is 74.2 Å². The highest BCUT2D eigenvalue weighted by Crippen LogP contribution is 2.23. The number of nitrogens with one attached hydrogen (secondary N) is 1. The SMILES string of the molecule is CCCCCCCCCCCCCCCCCCCC/C=C/CC/C=C/CC/C=C/CCCC(O)C(O)C(COC1OC(CO)C(O)C(O)C1O)NC(=O)C(O)CCCCCCCCCCCCCCCC. The van der Waals surface area contributed by atoms with Crippen LogP contribution >= 0.6 is 0 Å². The molecule has 0 radical (unpaired) electrons. The number of amides is 1. The zero-order valence-electron chi connectivity index (χ0n) is 46.4.